The van der Waals surface area contributed by atoms with Gasteiger partial charge in [0.25, 0.3) is 10.0 Å². The lowest BCUT2D eigenvalue weighted by Gasteiger charge is -2.48. The van der Waals surface area contributed by atoms with Crippen molar-refractivity contribution in [3.05, 3.63) is 36.1 Å². The Morgan fingerprint density at radius 3 is 2.59 bits per heavy atom. The number of carbonyl (C=O) groups excluding carboxylic acids is 1. The molecule has 188 valence electrons. The second-order valence-electron chi connectivity index (χ2n) is 10.3. The van der Waals surface area contributed by atoms with E-state index in [0.717, 1.165) is 12.8 Å². The second kappa shape index (κ2) is 10.9. The number of carboxylic acids is 1. The molecule has 1 atom stereocenters. The molecule has 0 saturated heterocycles. The predicted octanol–water partition coefficient (Wildman–Crippen LogP) is 3.33. The van der Waals surface area contributed by atoms with Gasteiger partial charge in [0.2, 0.25) is 5.89 Å². The fourth-order valence-electron chi connectivity index (χ4n) is 5.05. The van der Waals surface area contributed by atoms with Crippen molar-refractivity contribution in [2.45, 2.75) is 96.0 Å². The average Bonchev–Trinajstić information content (AvgIpc) is 3.26. The smallest absolute Gasteiger partial charge is 0.258 e. The van der Waals surface area contributed by atoms with Crippen LogP contribution in [0, 0.1) is 10.8 Å². The van der Waals surface area contributed by atoms with Crippen molar-refractivity contribution in [2.24, 2.45) is 10.8 Å². The number of carbonyl (C=O) groups is 1. The molecule has 0 aromatic carbocycles. The molecule has 1 unspecified atom stereocenters. The summed E-state index contributed by atoms with van der Waals surface area (Å²) in [4.78, 5) is 19.5. The summed E-state index contributed by atoms with van der Waals surface area (Å²) in [7, 11) is -3.82. The van der Waals surface area contributed by atoms with E-state index in [1.54, 1.807) is 12.1 Å². The van der Waals surface area contributed by atoms with Crippen molar-refractivity contribution in [3.8, 4) is 0 Å². The summed E-state index contributed by atoms with van der Waals surface area (Å²) < 4.78 is 32.4. The van der Waals surface area contributed by atoms with Gasteiger partial charge in [-0.3, -0.25) is 0 Å². The van der Waals surface area contributed by atoms with Crippen molar-refractivity contribution in [2.75, 3.05) is 0 Å². The van der Waals surface area contributed by atoms with E-state index in [1.807, 2.05) is 0 Å². The van der Waals surface area contributed by atoms with Crippen molar-refractivity contribution < 1.29 is 22.8 Å². The molecular weight excluding hydrogens is 456 g/mol. The Hall–Kier alpha value is -2.33. The van der Waals surface area contributed by atoms with E-state index < -0.39 is 21.9 Å². The van der Waals surface area contributed by atoms with E-state index in [0.29, 0.717) is 6.42 Å². The Labute approximate surface area is 201 Å². The van der Waals surface area contributed by atoms with Gasteiger partial charge < -0.3 is 14.4 Å². The molecule has 10 heteroatoms. The molecule has 3 rings (SSSR count). The average molecular weight is 492 g/mol. The van der Waals surface area contributed by atoms with Crippen LogP contribution in [0.15, 0.2) is 33.9 Å². The van der Waals surface area contributed by atoms with Gasteiger partial charge in [0.15, 0.2) is 10.9 Å². The number of rotatable bonds is 11. The molecule has 2 aromatic heterocycles. The van der Waals surface area contributed by atoms with Crippen molar-refractivity contribution in [3.63, 3.8) is 0 Å². The van der Waals surface area contributed by atoms with Crippen LogP contribution in [0.1, 0.15) is 96.2 Å². The molecule has 0 aliphatic heterocycles. The molecule has 34 heavy (non-hydrogen) atoms. The minimum atomic E-state index is -3.82. The topological polar surface area (TPSA) is 138 Å². The third-order valence-corrected chi connectivity index (χ3v) is 8.51. The first-order valence-electron chi connectivity index (χ1n) is 12.0. The molecule has 0 spiro atoms. The zero-order valence-electron chi connectivity index (χ0n) is 20.2. The van der Waals surface area contributed by atoms with Crippen molar-refractivity contribution >= 4 is 16.0 Å². The maximum Gasteiger partial charge on any atom is 0.258 e. The Kier molecular flexibility index (Phi) is 8.46. The molecule has 1 aliphatic carbocycles. The molecule has 2 heterocycles. The number of aromatic nitrogens is 3. The lowest BCUT2D eigenvalue weighted by atomic mass is 9.57. The predicted molar refractivity (Wildman–Crippen MR) is 124 cm³/mol. The van der Waals surface area contributed by atoms with Crippen LogP contribution < -0.4 is 9.83 Å². The minimum absolute atomic E-state index is 0.107. The van der Waals surface area contributed by atoms with Crippen LogP contribution in [0.2, 0.25) is 0 Å². The Bertz CT molecular complexity index is 1040. The number of sulfonamides is 1. The number of nitrogens with one attached hydrogen (secondary N) is 1. The number of hydrogen-bond donors (Lipinski definition) is 1. The van der Waals surface area contributed by atoms with Crippen LogP contribution in [0.4, 0.5) is 0 Å². The van der Waals surface area contributed by atoms with E-state index in [2.05, 4.69) is 40.6 Å². The number of pyridine rings is 1. The second-order valence-corrected chi connectivity index (χ2v) is 12.0. The lowest BCUT2D eigenvalue weighted by molar-refractivity contribution is -0.306. The SMILES string of the molecule is CC(C)(C)C1(CCCC(CC(=O)[O-])c2nc(CNS(=O)(=O)c3ccccn3)no2)CCCCC1. The highest BCUT2D eigenvalue weighted by atomic mass is 32.2. The first-order chi connectivity index (χ1) is 16.0. The molecule has 2 aromatic rings. The van der Waals surface area contributed by atoms with Crippen molar-refractivity contribution in [1.82, 2.24) is 19.8 Å². The number of hydrogen-bond acceptors (Lipinski definition) is 8. The molecule has 1 fully saturated rings. The van der Waals surface area contributed by atoms with Gasteiger partial charge in [-0.2, -0.15) is 4.98 Å². The first-order valence-corrected chi connectivity index (χ1v) is 13.4. The van der Waals surface area contributed by atoms with Crippen LogP contribution in [0.25, 0.3) is 0 Å². The fraction of sp³-hybridized carbons (Fsp3) is 0.667. The fourth-order valence-corrected chi connectivity index (χ4v) is 5.97. The first kappa shape index (κ1) is 26.3. The zero-order valence-corrected chi connectivity index (χ0v) is 21.1. The lowest BCUT2D eigenvalue weighted by Crippen LogP contribution is -2.37. The van der Waals surface area contributed by atoms with E-state index >= 15 is 0 Å². The van der Waals surface area contributed by atoms with Crippen LogP contribution in [-0.4, -0.2) is 29.5 Å². The third-order valence-electron chi connectivity index (χ3n) is 7.19. The Morgan fingerprint density at radius 1 is 1.24 bits per heavy atom. The standard InChI is InChI=1S/C24H36N4O5S/c1-23(2,3)24(12-6-4-7-13-24)14-9-10-18(16-21(29)30)22-27-19(28-33-22)17-26-34(31,32)20-11-5-8-15-25-20/h5,8,11,15,18,26H,4,6-7,9-10,12-14,16-17H2,1-3H3,(H,29,30)/p-1. The molecule has 1 saturated carbocycles. The highest BCUT2D eigenvalue weighted by Gasteiger charge is 2.41. The minimum Gasteiger partial charge on any atom is -0.550 e. The number of nitrogens with zero attached hydrogens (tertiary/aromatic N) is 3. The van der Waals surface area contributed by atoms with Crippen LogP contribution in [-0.2, 0) is 21.4 Å². The largest absolute Gasteiger partial charge is 0.550 e. The molecule has 0 amide bonds. The van der Waals surface area contributed by atoms with E-state index in [1.165, 1.54) is 44.4 Å². The quantitative estimate of drug-likeness (QED) is 0.505. The third kappa shape index (κ3) is 6.63. The van der Waals surface area contributed by atoms with Gasteiger partial charge in [-0.15, -0.1) is 0 Å². The van der Waals surface area contributed by atoms with E-state index in [-0.39, 0.29) is 40.5 Å². The van der Waals surface area contributed by atoms with E-state index in [4.69, 9.17) is 4.52 Å². The van der Waals surface area contributed by atoms with Crippen molar-refractivity contribution in [1.29, 1.82) is 0 Å². The van der Waals surface area contributed by atoms with Gasteiger partial charge in [-0.05, 0) is 55.1 Å². The highest BCUT2D eigenvalue weighted by Crippen LogP contribution is 2.53. The Balaban J connectivity index is 1.64. The summed E-state index contributed by atoms with van der Waals surface area (Å²) in [6.07, 6.45) is 9.78. The van der Waals surface area contributed by atoms with Crippen LogP contribution in [0.5, 0.6) is 0 Å². The number of aliphatic carboxylic acids is 1. The molecule has 9 nitrogen and oxygen atoms in total. The summed E-state index contributed by atoms with van der Waals surface area (Å²) >= 11 is 0. The summed E-state index contributed by atoms with van der Waals surface area (Å²) in [5.74, 6) is -1.32. The summed E-state index contributed by atoms with van der Waals surface area (Å²) in [6.45, 7) is 6.71. The normalized spacial score (nSPS) is 17.4. The monoisotopic (exact) mass is 491 g/mol. The van der Waals surface area contributed by atoms with Gasteiger partial charge in [0, 0.05) is 18.1 Å². The molecule has 0 radical (unpaired) electrons. The maximum atomic E-state index is 12.3. The molecule has 1 N–H and O–H groups in total. The Morgan fingerprint density at radius 2 is 1.97 bits per heavy atom. The highest BCUT2D eigenvalue weighted by molar-refractivity contribution is 7.89. The molecule has 0 bridgehead atoms. The van der Waals surface area contributed by atoms with Gasteiger partial charge in [0.05, 0.1) is 6.54 Å². The van der Waals surface area contributed by atoms with Gasteiger partial charge >= 0.3 is 0 Å². The van der Waals surface area contributed by atoms with Gasteiger partial charge in [-0.25, -0.2) is 18.1 Å². The van der Waals surface area contributed by atoms with Gasteiger partial charge in [0.1, 0.15) is 0 Å². The summed E-state index contributed by atoms with van der Waals surface area (Å²) in [5, 5.41) is 15.1. The summed E-state index contributed by atoms with van der Waals surface area (Å²) in [5.41, 5.74) is 0.431. The summed E-state index contributed by atoms with van der Waals surface area (Å²) in [6, 6.07) is 4.59. The zero-order chi connectivity index (χ0) is 24.8. The van der Waals surface area contributed by atoms with E-state index in [9.17, 15) is 18.3 Å². The van der Waals surface area contributed by atoms with Crippen LogP contribution in [0.3, 0.4) is 0 Å². The maximum absolute atomic E-state index is 12.3. The molecular formula is C24H35N4O5S-. The van der Waals surface area contributed by atoms with Crippen LogP contribution >= 0.6 is 0 Å². The van der Waals surface area contributed by atoms with Gasteiger partial charge in [-0.1, -0.05) is 57.7 Å². The number of carboxylic acid groups (broad SMARTS) is 1. The molecule has 1 aliphatic rings.